The Kier molecular flexibility index (Phi) is 62.0. The van der Waals surface area contributed by atoms with Gasteiger partial charge in [-0.25, -0.2) is 0 Å². The second kappa shape index (κ2) is 63.6. The Balaban J connectivity index is 3.44. The van der Waals surface area contributed by atoms with Gasteiger partial charge in [-0.3, -0.25) is 9.59 Å². The zero-order valence-electron chi connectivity index (χ0n) is 49.8. The molecule has 0 heterocycles. The number of amides is 1. The minimum atomic E-state index is -0.673. The Labute approximate surface area is 462 Å². The van der Waals surface area contributed by atoms with Gasteiger partial charge in [0.25, 0.3) is 0 Å². The van der Waals surface area contributed by atoms with E-state index in [1.807, 2.05) is 0 Å². The molecule has 0 radical (unpaired) electrons. The van der Waals surface area contributed by atoms with Crippen molar-refractivity contribution in [2.45, 2.75) is 373 Å². The van der Waals surface area contributed by atoms with Gasteiger partial charge in [0.15, 0.2) is 0 Å². The molecule has 436 valence electrons. The number of aliphatic hydroxyl groups is 2. The van der Waals surface area contributed by atoms with E-state index in [0.717, 1.165) is 57.8 Å². The van der Waals surface area contributed by atoms with Crippen molar-refractivity contribution < 1.29 is 24.5 Å². The summed E-state index contributed by atoms with van der Waals surface area (Å²) in [7, 11) is 0. The number of carbonyl (C=O) groups is 2. The molecular weight excluding hydrogens is 911 g/mol. The minimum Gasteiger partial charge on any atom is -0.466 e. The highest BCUT2D eigenvalue weighted by molar-refractivity contribution is 5.76. The Morgan fingerprint density at radius 2 is 0.676 bits per heavy atom. The summed E-state index contributed by atoms with van der Waals surface area (Å²) in [6, 6.07) is -0.551. The average molecular weight is 1040 g/mol. The third-order valence-electron chi connectivity index (χ3n) is 15.4. The maximum Gasteiger partial charge on any atom is 0.305 e. The first-order chi connectivity index (χ1) is 36.5. The van der Waals surface area contributed by atoms with Crippen molar-refractivity contribution in [1.29, 1.82) is 0 Å². The fourth-order valence-corrected chi connectivity index (χ4v) is 10.3. The van der Waals surface area contributed by atoms with Gasteiger partial charge in [-0.2, -0.15) is 0 Å². The first-order valence-corrected chi connectivity index (χ1v) is 33.2. The van der Waals surface area contributed by atoms with E-state index in [9.17, 15) is 19.8 Å². The zero-order valence-corrected chi connectivity index (χ0v) is 49.8. The third-order valence-corrected chi connectivity index (χ3v) is 15.4. The number of hydrogen-bond donors (Lipinski definition) is 3. The van der Waals surface area contributed by atoms with Gasteiger partial charge in [0.2, 0.25) is 5.91 Å². The Bertz CT molecular complexity index is 1200. The van der Waals surface area contributed by atoms with Crippen LogP contribution in [0.1, 0.15) is 361 Å². The molecule has 6 heteroatoms. The number of aliphatic hydroxyl groups excluding tert-OH is 2. The van der Waals surface area contributed by atoms with Crippen LogP contribution in [0.4, 0.5) is 0 Å². The summed E-state index contributed by atoms with van der Waals surface area (Å²) in [6.45, 7) is 4.94. The third kappa shape index (κ3) is 59.3. The number of allylic oxidation sites excluding steroid dienone is 6. The van der Waals surface area contributed by atoms with Crippen molar-refractivity contribution >= 4 is 11.9 Å². The molecule has 0 aliphatic rings. The molecule has 1 amide bonds. The highest BCUT2D eigenvalue weighted by Gasteiger charge is 2.20. The van der Waals surface area contributed by atoms with E-state index >= 15 is 0 Å². The SMILES string of the molecule is CCCCCC/C=C\C/C=C\CCCCCCCC(=O)OCCCCCCCCCC/C=C\CCCCCCCCCC(=O)NC(CO)C(O)CCCCCCCCCCCCCCCCCCCCCCCC. The standard InChI is InChI=1S/C68H129NO5/c1-3-5-7-9-11-13-15-17-19-21-22-23-24-26-29-32-36-40-44-48-52-56-60-66(71)65(64-70)69-67(72)61-57-53-49-45-41-37-33-30-27-25-28-31-35-39-43-47-51-55-59-63-74-68(73)62-58-54-50-46-42-38-34-20-18-16-14-12-10-8-6-4-2/h14,16,20,25,27,34,65-66,70-71H,3-13,15,17-19,21-24,26,28-33,35-64H2,1-2H3,(H,69,72)/b16-14-,27-25-,34-20-. The molecule has 0 aliphatic heterocycles. The second-order valence-electron chi connectivity index (χ2n) is 22.8. The predicted octanol–water partition coefficient (Wildman–Crippen LogP) is 21.1. The quantitative estimate of drug-likeness (QED) is 0.0320. The molecule has 0 rings (SSSR count). The van der Waals surface area contributed by atoms with Gasteiger partial charge in [-0.05, 0) is 83.5 Å². The van der Waals surface area contributed by atoms with E-state index in [4.69, 9.17) is 4.74 Å². The predicted molar refractivity (Wildman–Crippen MR) is 324 cm³/mol. The van der Waals surface area contributed by atoms with Gasteiger partial charge < -0.3 is 20.3 Å². The summed E-state index contributed by atoms with van der Waals surface area (Å²) in [5.41, 5.74) is 0. The van der Waals surface area contributed by atoms with E-state index in [2.05, 4.69) is 55.6 Å². The van der Waals surface area contributed by atoms with Crippen LogP contribution in [0.15, 0.2) is 36.5 Å². The van der Waals surface area contributed by atoms with Crippen LogP contribution in [-0.2, 0) is 14.3 Å². The van der Waals surface area contributed by atoms with Crippen LogP contribution in [-0.4, -0.2) is 47.4 Å². The lowest BCUT2D eigenvalue weighted by Crippen LogP contribution is -2.45. The minimum absolute atomic E-state index is 0.00893. The molecule has 74 heavy (non-hydrogen) atoms. The first-order valence-electron chi connectivity index (χ1n) is 33.2. The monoisotopic (exact) mass is 1040 g/mol. The fourth-order valence-electron chi connectivity index (χ4n) is 10.3. The largest absolute Gasteiger partial charge is 0.466 e. The summed E-state index contributed by atoms with van der Waals surface area (Å²) in [5.74, 6) is -0.0506. The smallest absolute Gasteiger partial charge is 0.305 e. The van der Waals surface area contributed by atoms with Crippen molar-refractivity contribution in [3.05, 3.63) is 36.5 Å². The number of unbranched alkanes of at least 4 members (excludes halogenated alkanes) is 45. The summed E-state index contributed by atoms with van der Waals surface area (Å²) in [4.78, 5) is 24.6. The number of esters is 1. The van der Waals surface area contributed by atoms with Gasteiger partial charge in [0.1, 0.15) is 0 Å². The normalized spacial score (nSPS) is 12.8. The van der Waals surface area contributed by atoms with E-state index < -0.39 is 12.1 Å². The van der Waals surface area contributed by atoms with E-state index in [1.165, 1.54) is 270 Å². The summed E-state index contributed by atoms with van der Waals surface area (Å²) in [6.07, 6.45) is 80.2. The molecule has 2 atom stereocenters. The molecule has 0 aromatic rings. The number of hydrogen-bond acceptors (Lipinski definition) is 5. The second-order valence-corrected chi connectivity index (χ2v) is 22.8. The van der Waals surface area contributed by atoms with E-state index in [-0.39, 0.29) is 18.5 Å². The lowest BCUT2D eigenvalue weighted by atomic mass is 10.0. The molecule has 0 saturated carbocycles. The number of ether oxygens (including phenoxy) is 1. The first kappa shape index (κ1) is 72.1. The molecule has 0 aromatic heterocycles. The molecule has 3 N–H and O–H groups in total. The highest BCUT2D eigenvalue weighted by atomic mass is 16.5. The summed E-state index contributed by atoms with van der Waals surface area (Å²) >= 11 is 0. The maximum atomic E-state index is 12.5. The maximum absolute atomic E-state index is 12.5. The van der Waals surface area contributed by atoms with E-state index in [0.29, 0.717) is 25.9 Å². The van der Waals surface area contributed by atoms with Crippen molar-refractivity contribution in [3.8, 4) is 0 Å². The number of rotatable bonds is 62. The summed E-state index contributed by atoms with van der Waals surface area (Å²) < 4.78 is 5.48. The topological polar surface area (TPSA) is 95.9 Å². The van der Waals surface area contributed by atoms with Crippen LogP contribution in [0.3, 0.4) is 0 Å². The van der Waals surface area contributed by atoms with Crippen molar-refractivity contribution in [2.24, 2.45) is 0 Å². The van der Waals surface area contributed by atoms with Crippen LogP contribution in [0, 0.1) is 0 Å². The van der Waals surface area contributed by atoms with E-state index in [1.54, 1.807) is 0 Å². The molecule has 6 nitrogen and oxygen atoms in total. The van der Waals surface area contributed by atoms with Crippen LogP contribution >= 0.6 is 0 Å². The Morgan fingerprint density at radius 3 is 1.05 bits per heavy atom. The molecule has 2 unspecified atom stereocenters. The average Bonchev–Trinajstić information content (AvgIpc) is 3.40. The number of nitrogens with one attached hydrogen (secondary N) is 1. The molecule has 0 fully saturated rings. The van der Waals surface area contributed by atoms with Crippen LogP contribution in [0.2, 0.25) is 0 Å². The van der Waals surface area contributed by atoms with Gasteiger partial charge in [-0.15, -0.1) is 0 Å². The molecule has 0 saturated heterocycles. The van der Waals surface area contributed by atoms with Crippen LogP contribution < -0.4 is 5.32 Å². The molecule has 0 bridgehead atoms. The van der Waals surface area contributed by atoms with Gasteiger partial charge in [0.05, 0.1) is 25.4 Å². The van der Waals surface area contributed by atoms with Crippen LogP contribution in [0.25, 0.3) is 0 Å². The zero-order chi connectivity index (χ0) is 53.6. The molecule has 0 spiro atoms. The lowest BCUT2D eigenvalue weighted by Gasteiger charge is -2.22. The molecule has 0 aliphatic carbocycles. The van der Waals surface area contributed by atoms with Gasteiger partial charge in [0, 0.05) is 12.8 Å². The fraction of sp³-hybridized carbons (Fsp3) is 0.882. The van der Waals surface area contributed by atoms with Gasteiger partial charge in [-0.1, -0.05) is 301 Å². The number of carbonyl (C=O) groups excluding carboxylic acids is 2. The van der Waals surface area contributed by atoms with Crippen molar-refractivity contribution in [3.63, 3.8) is 0 Å². The lowest BCUT2D eigenvalue weighted by molar-refractivity contribution is -0.143. The van der Waals surface area contributed by atoms with Gasteiger partial charge >= 0.3 is 5.97 Å². The molecular formula is C68H129NO5. The van der Waals surface area contributed by atoms with Crippen molar-refractivity contribution in [1.82, 2.24) is 5.32 Å². The Morgan fingerprint density at radius 1 is 0.378 bits per heavy atom. The van der Waals surface area contributed by atoms with Crippen molar-refractivity contribution in [2.75, 3.05) is 13.2 Å². The van der Waals surface area contributed by atoms with Crippen LogP contribution in [0.5, 0.6) is 0 Å². The highest BCUT2D eigenvalue weighted by Crippen LogP contribution is 2.18. The summed E-state index contributed by atoms with van der Waals surface area (Å²) in [5, 5.41) is 23.4. The molecule has 0 aromatic carbocycles. The Hall–Kier alpha value is -1.92.